The monoisotopic (exact) mass is 362 g/mol. The average Bonchev–Trinajstić information content (AvgIpc) is 2.88. The molecule has 0 aliphatic carbocycles. The molecule has 1 heterocycles. The van der Waals surface area contributed by atoms with E-state index < -0.39 is 0 Å². The first-order valence-electron chi connectivity index (χ1n) is 6.84. The van der Waals surface area contributed by atoms with Crippen molar-refractivity contribution < 1.29 is 4.79 Å². The van der Waals surface area contributed by atoms with Gasteiger partial charge in [0, 0.05) is 15.5 Å². The molecule has 0 bridgehead atoms. The quantitative estimate of drug-likeness (QED) is 0.651. The maximum absolute atomic E-state index is 12.3. The molecular formula is C17H12Cl2N2OS. The summed E-state index contributed by atoms with van der Waals surface area (Å²) in [5.74, 6) is -0.306. The van der Waals surface area contributed by atoms with Gasteiger partial charge in [-0.1, -0.05) is 53.5 Å². The SMILES string of the molecule is Cc1sc(NC(=O)c2ccc(Cl)cc2Cl)nc1-c1ccccc1. The van der Waals surface area contributed by atoms with Gasteiger partial charge in [0.05, 0.1) is 16.3 Å². The Kier molecular flexibility index (Phi) is 4.66. The first-order valence-corrected chi connectivity index (χ1v) is 8.41. The van der Waals surface area contributed by atoms with Crippen LogP contribution in [0.1, 0.15) is 15.2 Å². The van der Waals surface area contributed by atoms with Crippen molar-refractivity contribution >= 4 is 45.6 Å². The van der Waals surface area contributed by atoms with Crippen LogP contribution in [0.15, 0.2) is 48.5 Å². The summed E-state index contributed by atoms with van der Waals surface area (Å²) in [4.78, 5) is 17.9. The number of rotatable bonds is 3. The number of halogens is 2. The molecule has 0 spiro atoms. The molecule has 3 nitrogen and oxygen atoms in total. The minimum absolute atomic E-state index is 0.306. The summed E-state index contributed by atoms with van der Waals surface area (Å²) in [6.45, 7) is 1.98. The molecule has 0 saturated heterocycles. The molecule has 23 heavy (non-hydrogen) atoms. The van der Waals surface area contributed by atoms with Crippen LogP contribution in [0.2, 0.25) is 10.0 Å². The first kappa shape index (κ1) is 16.0. The average molecular weight is 363 g/mol. The molecule has 0 atom stereocenters. The lowest BCUT2D eigenvalue weighted by Crippen LogP contribution is -2.12. The summed E-state index contributed by atoms with van der Waals surface area (Å²) < 4.78 is 0. The zero-order chi connectivity index (χ0) is 16.4. The molecule has 1 amide bonds. The van der Waals surface area contributed by atoms with E-state index in [9.17, 15) is 4.79 Å². The number of nitrogens with zero attached hydrogens (tertiary/aromatic N) is 1. The fourth-order valence-corrected chi connectivity index (χ4v) is 3.48. The summed E-state index contributed by atoms with van der Waals surface area (Å²) >= 11 is 13.3. The Morgan fingerprint density at radius 1 is 1.13 bits per heavy atom. The Morgan fingerprint density at radius 3 is 2.57 bits per heavy atom. The zero-order valence-corrected chi connectivity index (χ0v) is 14.5. The molecule has 0 aliphatic heterocycles. The number of nitrogens with one attached hydrogen (secondary N) is 1. The summed E-state index contributed by atoms with van der Waals surface area (Å²) in [5.41, 5.74) is 2.25. The van der Waals surface area contributed by atoms with E-state index in [0.29, 0.717) is 20.7 Å². The molecule has 116 valence electrons. The van der Waals surface area contributed by atoms with Crippen LogP contribution in [0.3, 0.4) is 0 Å². The smallest absolute Gasteiger partial charge is 0.258 e. The van der Waals surface area contributed by atoms with Crippen molar-refractivity contribution in [3.63, 3.8) is 0 Å². The molecule has 6 heteroatoms. The second-order valence-electron chi connectivity index (χ2n) is 4.87. The molecule has 0 radical (unpaired) electrons. The Bertz CT molecular complexity index is 862. The van der Waals surface area contributed by atoms with Crippen molar-refractivity contribution in [3.8, 4) is 11.3 Å². The van der Waals surface area contributed by atoms with E-state index in [1.807, 2.05) is 37.3 Å². The number of amides is 1. The highest BCUT2D eigenvalue weighted by Gasteiger charge is 2.15. The van der Waals surface area contributed by atoms with E-state index in [1.54, 1.807) is 18.2 Å². The second-order valence-corrected chi connectivity index (χ2v) is 6.91. The van der Waals surface area contributed by atoms with Gasteiger partial charge in [-0.15, -0.1) is 11.3 Å². The lowest BCUT2D eigenvalue weighted by atomic mass is 10.1. The molecule has 2 aromatic carbocycles. The predicted octanol–water partition coefficient (Wildman–Crippen LogP) is 5.68. The van der Waals surface area contributed by atoms with E-state index in [2.05, 4.69) is 10.3 Å². The highest BCUT2D eigenvalue weighted by molar-refractivity contribution is 7.16. The van der Waals surface area contributed by atoms with Gasteiger partial charge in [0.15, 0.2) is 5.13 Å². The number of benzene rings is 2. The lowest BCUT2D eigenvalue weighted by Gasteiger charge is -2.04. The highest BCUT2D eigenvalue weighted by atomic mass is 35.5. The van der Waals surface area contributed by atoms with Crippen LogP contribution in [0.25, 0.3) is 11.3 Å². The number of carbonyl (C=O) groups is 1. The normalized spacial score (nSPS) is 10.6. The summed E-state index contributed by atoms with van der Waals surface area (Å²) in [5, 5.41) is 4.13. The van der Waals surface area contributed by atoms with Crippen LogP contribution in [-0.2, 0) is 0 Å². The van der Waals surface area contributed by atoms with E-state index in [-0.39, 0.29) is 5.91 Å². The number of aryl methyl sites for hydroxylation is 1. The fraction of sp³-hybridized carbons (Fsp3) is 0.0588. The van der Waals surface area contributed by atoms with E-state index in [1.165, 1.54) is 11.3 Å². The van der Waals surface area contributed by atoms with Crippen molar-refractivity contribution in [3.05, 3.63) is 69.0 Å². The van der Waals surface area contributed by atoms with Crippen LogP contribution in [0, 0.1) is 6.92 Å². The van der Waals surface area contributed by atoms with E-state index >= 15 is 0 Å². The van der Waals surface area contributed by atoms with Crippen LogP contribution >= 0.6 is 34.5 Å². The standard InChI is InChI=1S/C17H12Cl2N2OS/c1-10-15(11-5-3-2-4-6-11)20-17(23-10)21-16(22)13-8-7-12(18)9-14(13)19/h2-9H,1H3,(H,20,21,22). The van der Waals surface area contributed by atoms with Crippen LogP contribution < -0.4 is 5.32 Å². The van der Waals surface area contributed by atoms with Crippen LogP contribution in [-0.4, -0.2) is 10.9 Å². The largest absolute Gasteiger partial charge is 0.298 e. The van der Waals surface area contributed by atoms with Crippen molar-refractivity contribution in [2.45, 2.75) is 6.92 Å². The minimum Gasteiger partial charge on any atom is -0.298 e. The van der Waals surface area contributed by atoms with Gasteiger partial charge in [-0.3, -0.25) is 10.1 Å². The van der Waals surface area contributed by atoms with E-state index in [0.717, 1.165) is 16.1 Å². The number of hydrogen-bond acceptors (Lipinski definition) is 3. The Balaban J connectivity index is 1.85. The molecular weight excluding hydrogens is 351 g/mol. The predicted molar refractivity (Wildman–Crippen MR) is 96.7 cm³/mol. The van der Waals surface area contributed by atoms with Crippen LogP contribution in [0.4, 0.5) is 5.13 Å². The third-order valence-corrected chi connectivity index (χ3v) is 4.67. The Hall–Kier alpha value is -1.88. The molecule has 0 unspecified atom stereocenters. The number of carbonyl (C=O) groups excluding carboxylic acids is 1. The molecule has 0 fully saturated rings. The van der Waals surface area contributed by atoms with Gasteiger partial charge in [-0.2, -0.15) is 0 Å². The molecule has 3 rings (SSSR count). The third kappa shape index (κ3) is 3.55. The molecule has 3 aromatic rings. The lowest BCUT2D eigenvalue weighted by molar-refractivity contribution is 0.102. The van der Waals surface area contributed by atoms with Gasteiger partial charge in [-0.05, 0) is 25.1 Å². The molecule has 1 N–H and O–H groups in total. The first-order chi connectivity index (χ1) is 11.0. The van der Waals surface area contributed by atoms with Gasteiger partial charge < -0.3 is 0 Å². The van der Waals surface area contributed by atoms with Gasteiger partial charge in [0.2, 0.25) is 0 Å². The Morgan fingerprint density at radius 2 is 1.87 bits per heavy atom. The van der Waals surface area contributed by atoms with Gasteiger partial charge >= 0.3 is 0 Å². The van der Waals surface area contributed by atoms with Crippen LogP contribution in [0.5, 0.6) is 0 Å². The van der Waals surface area contributed by atoms with Crippen molar-refractivity contribution in [2.75, 3.05) is 5.32 Å². The maximum atomic E-state index is 12.3. The number of anilines is 1. The van der Waals surface area contributed by atoms with Gasteiger partial charge in [-0.25, -0.2) is 4.98 Å². The van der Waals surface area contributed by atoms with E-state index in [4.69, 9.17) is 23.2 Å². The highest BCUT2D eigenvalue weighted by Crippen LogP contribution is 2.31. The number of thiazole rings is 1. The molecule has 0 saturated carbocycles. The maximum Gasteiger partial charge on any atom is 0.258 e. The summed E-state index contributed by atoms with van der Waals surface area (Å²) in [7, 11) is 0. The van der Waals surface area contributed by atoms with Crippen molar-refractivity contribution in [2.24, 2.45) is 0 Å². The Labute approximate surface area is 147 Å². The third-order valence-electron chi connectivity index (χ3n) is 3.24. The number of hydrogen-bond donors (Lipinski definition) is 1. The van der Waals surface area contributed by atoms with Crippen molar-refractivity contribution in [1.82, 2.24) is 4.98 Å². The molecule has 0 aliphatic rings. The van der Waals surface area contributed by atoms with Crippen molar-refractivity contribution in [1.29, 1.82) is 0 Å². The minimum atomic E-state index is -0.306. The summed E-state index contributed by atoms with van der Waals surface area (Å²) in [6, 6.07) is 14.6. The number of aromatic nitrogens is 1. The van der Waals surface area contributed by atoms with Gasteiger partial charge in [0.25, 0.3) is 5.91 Å². The summed E-state index contributed by atoms with van der Waals surface area (Å²) in [6.07, 6.45) is 0. The zero-order valence-electron chi connectivity index (χ0n) is 12.1. The molecule has 1 aromatic heterocycles. The topological polar surface area (TPSA) is 42.0 Å². The van der Waals surface area contributed by atoms with Gasteiger partial charge in [0.1, 0.15) is 0 Å². The second kappa shape index (κ2) is 6.71. The fourth-order valence-electron chi connectivity index (χ4n) is 2.15.